The van der Waals surface area contributed by atoms with E-state index in [0.29, 0.717) is 30.8 Å². The molecule has 0 saturated carbocycles. The lowest BCUT2D eigenvalue weighted by Crippen LogP contribution is -2.44. The summed E-state index contributed by atoms with van der Waals surface area (Å²) >= 11 is 0. The molecular weight excluding hydrogens is 480 g/mol. The fourth-order valence-corrected chi connectivity index (χ4v) is 5.54. The van der Waals surface area contributed by atoms with Crippen LogP contribution >= 0.6 is 0 Å². The zero-order chi connectivity index (χ0) is 26.4. The molecule has 6 rings (SSSR count). The second kappa shape index (κ2) is 9.46. The number of carbonyl (C=O) groups is 3. The first-order valence-electron chi connectivity index (χ1n) is 12.7. The van der Waals surface area contributed by atoms with Crippen LogP contribution in [0.15, 0.2) is 72.8 Å². The number of nitrogens with zero attached hydrogens (tertiary/aromatic N) is 2. The van der Waals surface area contributed by atoms with E-state index in [1.807, 2.05) is 49.4 Å². The Morgan fingerprint density at radius 2 is 1.76 bits per heavy atom. The Labute approximate surface area is 220 Å². The minimum Gasteiger partial charge on any atom is -0.383 e. The Morgan fingerprint density at radius 3 is 2.50 bits per heavy atom. The van der Waals surface area contributed by atoms with Gasteiger partial charge >= 0.3 is 6.03 Å². The second-order valence-corrected chi connectivity index (χ2v) is 9.76. The third-order valence-electron chi connectivity index (χ3n) is 7.42. The maximum atomic E-state index is 13.9. The molecule has 3 aromatic carbocycles. The average Bonchev–Trinajstić information content (AvgIpc) is 3.42. The van der Waals surface area contributed by atoms with E-state index in [4.69, 9.17) is 4.74 Å². The Kier molecular flexibility index (Phi) is 5.96. The van der Waals surface area contributed by atoms with Crippen molar-refractivity contribution in [3.05, 3.63) is 101 Å². The monoisotopic (exact) mass is 508 g/mol. The van der Waals surface area contributed by atoms with Crippen LogP contribution < -0.4 is 10.2 Å². The number of amides is 4. The number of urea groups is 1. The molecule has 0 radical (unpaired) electrons. The van der Waals surface area contributed by atoms with E-state index in [0.717, 1.165) is 33.3 Å². The SMILES string of the molecule is COCCNC(=O)c1ccc(N2C(=O)C3Cc4c([nH]c5ccccc45)C(c4ccc(C)cc4)N3C2=O)cc1. The van der Waals surface area contributed by atoms with Gasteiger partial charge in [-0.2, -0.15) is 0 Å². The number of hydrogen-bond acceptors (Lipinski definition) is 4. The Hall–Kier alpha value is -4.43. The molecule has 4 aromatic rings. The van der Waals surface area contributed by atoms with Gasteiger partial charge in [0.1, 0.15) is 12.1 Å². The number of hydrogen-bond donors (Lipinski definition) is 2. The molecule has 2 atom stereocenters. The first-order valence-corrected chi connectivity index (χ1v) is 12.7. The normalized spacial score (nSPS) is 18.6. The minimum atomic E-state index is -0.627. The number of ether oxygens (including phenoxy) is 1. The van der Waals surface area contributed by atoms with E-state index in [1.165, 1.54) is 4.90 Å². The van der Waals surface area contributed by atoms with E-state index in [2.05, 4.69) is 16.4 Å². The number of rotatable bonds is 6. The van der Waals surface area contributed by atoms with E-state index in [1.54, 1.807) is 36.3 Å². The lowest BCUT2D eigenvalue weighted by molar-refractivity contribution is -0.120. The lowest BCUT2D eigenvalue weighted by Gasteiger charge is -2.36. The van der Waals surface area contributed by atoms with Crippen molar-refractivity contribution in [3.63, 3.8) is 0 Å². The highest BCUT2D eigenvalue weighted by molar-refractivity contribution is 6.22. The predicted octanol–water partition coefficient (Wildman–Crippen LogP) is 4.34. The number of aromatic amines is 1. The van der Waals surface area contributed by atoms with E-state index >= 15 is 0 Å². The molecule has 1 aromatic heterocycles. The van der Waals surface area contributed by atoms with Crippen molar-refractivity contribution < 1.29 is 19.1 Å². The van der Waals surface area contributed by atoms with Crippen molar-refractivity contribution in [2.45, 2.75) is 25.4 Å². The molecule has 2 unspecified atom stereocenters. The zero-order valence-electron chi connectivity index (χ0n) is 21.2. The molecule has 4 amide bonds. The average molecular weight is 509 g/mol. The maximum Gasteiger partial charge on any atom is 0.332 e. The lowest BCUT2D eigenvalue weighted by atomic mass is 9.88. The molecule has 3 heterocycles. The van der Waals surface area contributed by atoms with Crippen LogP contribution in [0.5, 0.6) is 0 Å². The molecule has 8 heteroatoms. The summed E-state index contributed by atoms with van der Waals surface area (Å²) in [5, 5.41) is 3.84. The summed E-state index contributed by atoms with van der Waals surface area (Å²) in [4.78, 5) is 46.6. The van der Waals surface area contributed by atoms with Gasteiger partial charge in [0.25, 0.3) is 11.8 Å². The fourth-order valence-electron chi connectivity index (χ4n) is 5.54. The molecule has 2 aliphatic heterocycles. The molecule has 0 aliphatic carbocycles. The first kappa shape index (κ1) is 23.9. The molecule has 0 spiro atoms. The quantitative estimate of drug-likeness (QED) is 0.299. The van der Waals surface area contributed by atoms with Gasteiger partial charge in [0, 0.05) is 42.2 Å². The number of carbonyl (C=O) groups excluding carboxylic acids is 3. The number of aryl methyl sites for hydroxylation is 1. The third kappa shape index (κ3) is 3.85. The van der Waals surface area contributed by atoms with E-state index < -0.39 is 12.1 Å². The number of anilines is 1. The van der Waals surface area contributed by atoms with Gasteiger partial charge in [-0.25, -0.2) is 9.69 Å². The summed E-state index contributed by atoms with van der Waals surface area (Å²) in [7, 11) is 1.57. The van der Waals surface area contributed by atoms with Crippen molar-refractivity contribution in [3.8, 4) is 0 Å². The molecular formula is C30H28N4O4. The number of imide groups is 1. The summed E-state index contributed by atoms with van der Waals surface area (Å²) in [6.07, 6.45) is 0.433. The highest BCUT2D eigenvalue weighted by Crippen LogP contribution is 2.44. The molecule has 8 nitrogen and oxygen atoms in total. The first-order chi connectivity index (χ1) is 18.5. The van der Waals surface area contributed by atoms with Crippen LogP contribution in [0.2, 0.25) is 0 Å². The van der Waals surface area contributed by atoms with Crippen LogP contribution in [0.25, 0.3) is 10.9 Å². The van der Waals surface area contributed by atoms with E-state index in [9.17, 15) is 14.4 Å². The summed E-state index contributed by atoms with van der Waals surface area (Å²) in [5.41, 5.74) is 5.96. The van der Waals surface area contributed by atoms with Crippen molar-refractivity contribution in [1.29, 1.82) is 0 Å². The highest BCUT2D eigenvalue weighted by Gasteiger charge is 2.53. The van der Waals surface area contributed by atoms with Crippen LogP contribution in [0.1, 0.15) is 38.8 Å². The number of fused-ring (bicyclic) bond motifs is 4. The zero-order valence-corrected chi connectivity index (χ0v) is 21.2. The molecule has 2 N–H and O–H groups in total. The Bertz CT molecular complexity index is 1540. The van der Waals surface area contributed by atoms with Gasteiger partial charge in [0.15, 0.2) is 0 Å². The van der Waals surface area contributed by atoms with Gasteiger partial charge in [-0.3, -0.25) is 14.5 Å². The standard InChI is InChI=1S/C30H28N4O4/c1-18-7-9-19(10-8-18)27-26-23(22-5-3-4-6-24(22)32-26)17-25-29(36)33(30(37)34(25)27)21-13-11-20(12-14-21)28(35)31-15-16-38-2/h3-14,25,27,32H,15-17H2,1-2H3,(H,31,35). The van der Waals surface area contributed by atoms with Crippen molar-refractivity contribution >= 4 is 34.4 Å². The number of benzene rings is 3. The Balaban J connectivity index is 1.37. The summed E-state index contributed by atoms with van der Waals surface area (Å²) in [5.74, 6) is -0.504. The van der Waals surface area contributed by atoms with Gasteiger partial charge in [-0.05, 0) is 48.4 Å². The predicted molar refractivity (Wildman–Crippen MR) is 144 cm³/mol. The summed E-state index contributed by atoms with van der Waals surface area (Å²) in [6, 6.07) is 21.3. The number of para-hydroxylation sites is 1. The van der Waals surface area contributed by atoms with Crippen LogP contribution in [0.3, 0.4) is 0 Å². The minimum absolute atomic E-state index is 0.241. The van der Waals surface area contributed by atoms with Crippen LogP contribution in [0.4, 0.5) is 10.5 Å². The van der Waals surface area contributed by atoms with Gasteiger partial charge in [-0.1, -0.05) is 48.0 Å². The topological polar surface area (TPSA) is 94.7 Å². The van der Waals surface area contributed by atoms with Crippen molar-refractivity contribution in [2.75, 3.05) is 25.2 Å². The van der Waals surface area contributed by atoms with Gasteiger partial charge in [0.2, 0.25) is 0 Å². The Morgan fingerprint density at radius 1 is 1.03 bits per heavy atom. The van der Waals surface area contributed by atoms with Gasteiger partial charge in [0.05, 0.1) is 12.3 Å². The molecule has 0 bridgehead atoms. The fraction of sp³-hybridized carbons (Fsp3) is 0.233. The van der Waals surface area contributed by atoms with Gasteiger partial charge < -0.3 is 15.0 Å². The second-order valence-electron chi connectivity index (χ2n) is 9.76. The van der Waals surface area contributed by atoms with Crippen molar-refractivity contribution in [2.24, 2.45) is 0 Å². The third-order valence-corrected chi connectivity index (χ3v) is 7.42. The number of methoxy groups -OCH3 is 1. The smallest absolute Gasteiger partial charge is 0.332 e. The molecule has 1 saturated heterocycles. The number of nitrogens with one attached hydrogen (secondary N) is 2. The number of H-pyrrole nitrogens is 1. The molecule has 192 valence electrons. The van der Waals surface area contributed by atoms with Crippen molar-refractivity contribution in [1.82, 2.24) is 15.2 Å². The summed E-state index contributed by atoms with van der Waals surface area (Å²) in [6.45, 7) is 2.83. The van der Waals surface area contributed by atoms with Gasteiger partial charge in [-0.15, -0.1) is 0 Å². The van der Waals surface area contributed by atoms with Crippen LogP contribution in [-0.4, -0.2) is 54.0 Å². The van der Waals surface area contributed by atoms with Crippen LogP contribution in [-0.2, 0) is 16.0 Å². The number of aromatic nitrogens is 1. The highest BCUT2D eigenvalue weighted by atomic mass is 16.5. The van der Waals surface area contributed by atoms with Crippen LogP contribution in [0, 0.1) is 6.92 Å². The molecule has 1 fully saturated rings. The van der Waals surface area contributed by atoms with E-state index in [-0.39, 0.29) is 17.8 Å². The molecule has 2 aliphatic rings. The maximum absolute atomic E-state index is 13.9. The largest absolute Gasteiger partial charge is 0.383 e. The summed E-state index contributed by atoms with van der Waals surface area (Å²) < 4.78 is 4.97. The molecule has 38 heavy (non-hydrogen) atoms.